The van der Waals surface area contributed by atoms with Gasteiger partial charge in [0.25, 0.3) is 0 Å². The van der Waals surface area contributed by atoms with Crippen molar-refractivity contribution in [3.8, 4) is 0 Å². The molecule has 0 atom stereocenters. The van der Waals surface area contributed by atoms with Crippen molar-refractivity contribution in [3.63, 3.8) is 0 Å². The summed E-state index contributed by atoms with van der Waals surface area (Å²) in [4.78, 5) is 19.9. The molecule has 4 nitrogen and oxygen atoms in total. The number of primary amides is 1. The topological polar surface area (TPSA) is 72.2 Å². The zero-order valence-corrected chi connectivity index (χ0v) is 4.73. The fourth-order valence-electron chi connectivity index (χ4n) is 0.171. The monoisotopic (exact) mass is 136 g/mol. The van der Waals surface area contributed by atoms with Gasteiger partial charge in [-0.1, -0.05) is 0 Å². The van der Waals surface area contributed by atoms with Crippen LogP contribution in [0.1, 0.15) is 0 Å². The number of imide groups is 1. The summed E-state index contributed by atoms with van der Waals surface area (Å²) >= 11 is 4.98. The van der Waals surface area contributed by atoms with E-state index in [-0.39, 0.29) is 5.88 Å². The number of amides is 3. The third-order valence-corrected chi connectivity index (χ3v) is 0.627. The molecule has 0 unspecified atom stereocenters. The fourth-order valence-corrected chi connectivity index (χ4v) is 0.238. The lowest BCUT2D eigenvalue weighted by atomic mass is 10.7. The van der Waals surface area contributed by atoms with E-state index in [9.17, 15) is 9.59 Å². The summed E-state index contributed by atoms with van der Waals surface area (Å²) in [5, 5.41) is 1.76. The van der Waals surface area contributed by atoms with Gasteiger partial charge in [-0.3, -0.25) is 10.1 Å². The van der Waals surface area contributed by atoms with Gasteiger partial charge >= 0.3 is 6.03 Å². The van der Waals surface area contributed by atoms with E-state index in [1.165, 1.54) is 0 Å². The van der Waals surface area contributed by atoms with Gasteiger partial charge in [-0.15, -0.1) is 11.6 Å². The molecule has 0 heterocycles. The molecule has 0 bridgehead atoms. The Morgan fingerprint density at radius 1 is 1.62 bits per heavy atom. The summed E-state index contributed by atoms with van der Waals surface area (Å²) in [5.74, 6) is -0.831. The average molecular weight is 137 g/mol. The van der Waals surface area contributed by atoms with Crippen molar-refractivity contribution < 1.29 is 9.59 Å². The predicted molar refractivity (Wildman–Crippen MR) is 28.4 cm³/mol. The first-order valence-corrected chi connectivity index (χ1v) is 2.35. The summed E-state index contributed by atoms with van der Waals surface area (Å²) in [7, 11) is 0. The highest BCUT2D eigenvalue weighted by atomic mass is 35.5. The van der Waals surface area contributed by atoms with Gasteiger partial charge in [0.1, 0.15) is 5.88 Å². The summed E-state index contributed by atoms with van der Waals surface area (Å²) < 4.78 is 0. The van der Waals surface area contributed by atoms with Gasteiger partial charge in [0.15, 0.2) is 0 Å². The van der Waals surface area contributed by atoms with Crippen molar-refractivity contribution in [2.45, 2.75) is 0 Å². The molecule has 0 aliphatic heterocycles. The first-order valence-electron chi connectivity index (χ1n) is 1.82. The minimum absolute atomic E-state index is 0.247. The molecule has 0 aromatic carbocycles. The van der Waals surface area contributed by atoms with Crippen molar-refractivity contribution in [3.05, 3.63) is 0 Å². The molecular weight excluding hydrogens is 131 g/mol. The van der Waals surface area contributed by atoms with Gasteiger partial charge in [-0.05, 0) is 0 Å². The van der Waals surface area contributed by atoms with Crippen LogP contribution in [0.2, 0.25) is 0 Å². The van der Waals surface area contributed by atoms with Gasteiger partial charge in [0, 0.05) is 0 Å². The molecule has 0 aromatic rings. The average Bonchev–Trinajstić information content (AvgIpc) is 1.65. The largest absolute Gasteiger partial charge is 0.351 e. The van der Waals surface area contributed by atoms with Gasteiger partial charge < -0.3 is 5.73 Å². The maximum Gasteiger partial charge on any atom is 0.318 e. The van der Waals surface area contributed by atoms with Gasteiger partial charge in [-0.25, -0.2) is 4.79 Å². The number of hydrogen-bond donors (Lipinski definition) is 2. The molecule has 0 saturated heterocycles. The quantitative estimate of drug-likeness (QED) is 0.474. The SMILES string of the molecule is NC(=O)NC(=O)CCl. The Labute approximate surface area is 51.0 Å². The van der Waals surface area contributed by atoms with Crippen LogP contribution in [0.5, 0.6) is 0 Å². The molecule has 5 heteroatoms. The lowest BCUT2D eigenvalue weighted by molar-refractivity contribution is -0.117. The van der Waals surface area contributed by atoms with Crippen LogP contribution in [0.15, 0.2) is 0 Å². The lowest BCUT2D eigenvalue weighted by Gasteiger charge is -1.91. The Bertz CT molecular complexity index is 114. The number of carbonyl (C=O) groups is 2. The number of alkyl halides is 1. The van der Waals surface area contributed by atoms with Crippen molar-refractivity contribution >= 4 is 23.5 Å². The zero-order valence-electron chi connectivity index (χ0n) is 3.98. The van der Waals surface area contributed by atoms with Gasteiger partial charge in [0.05, 0.1) is 0 Å². The zero-order chi connectivity index (χ0) is 6.57. The first kappa shape index (κ1) is 7.23. The number of rotatable bonds is 1. The second-order valence-electron chi connectivity index (χ2n) is 1.05. The minimum Gasteiger partial charge on any atom is -0.351 e. The summed E-state index contributed by atoms with van der Waals surface area (Å²) in [6.45, 7) is 0. The number of halogens is 1. The third-order valence-electron chi connectivity index (χ3n) is 0.384. The lowest BCUT2D eigenvalue weighted by Crippen LogP contribution is -2.35. The van der Waals surface area contributed by atoms with E-state index < -0.39 is 11.9 Å². The maximum atomic E-state index is 10.1. The van der Waals surface area contributed by atoms with E-state index in [1.807, 2.05) is 0 Å². The van der Waals surface area contributed by atoms with Gasteiger partial charge in [-0.2, -0.15) is 0 Å². The van der Waals surface area contributed by atoms with Crippen molar-refractivity contribution in [2.24, 2.45) is 5.73 Å². The van der Waals surface area contributed by atoms with E-state index >= 15 is 0 Å². The van der Waals surface area contributed by atoms with Crippen LogP contribution in [0.4, 0.5) is 4.79 Å². The third kappa shape index (κ3) is 3.42. The van der Waals surface area contributed by atoms with Crippen LogP contribution >= 0.6 is 11.6 Å². The molecule has 8 heavy (non-hydrogen) atoms. The number of nitrogens with two attached hydrogens (primary N) is 1. The van der Waals surface area contributed by atoms with Crippen LogP contribution < -0.4 is 11.1 Å². The molecule has 3 N–H and O–H groups in total. The first-order chi connectivity index (χ1) is 3.66. The number of nitrogens with one attached hydrogen (secondary N) is 1. The van der Waals surface area contributed by atoms with Crippen molar-refractivity contribution in [2.75, 3.05) is 5.88 Å². The van der Waals surface area contributed by atoms with E-state index in [0.29, 0.717) is 0 Å². The van der Waals surface area contributed by atoms with Crippen LogP contribution in [0.3, 0.4) is 0 Å². The molecule has 46 valence electrons. The molecule has 0 spiro atoms. The van der Waals surface area contributed by atoms with Crippen molar-refractivity contribution in [1.29, 1.82) is 0 Å². The van der Waals surface area contributed by atoms with Crippen LogP contribution in [-0.4, -0.2) is 17.8 Å². The molecule has 3 amide bonds. The normalized spacial score (nSPS) is 8.12. The van der Waals surface area contributed by atoms with Crippen molar-refractivity contribution in [1.82, 2.24) is 5.32 Å². The van der Waals surface area contributed by atoms with Crippen LogP contribution in [0.25, 0.3) is 0 Å². The minimum atomic E-state index is -0.879. The standard InChI is InChI=1S/C3H5ClN2O2/c4-1-2(7)6-3(5)8/h1H2,(H3,5,6,7,8). The number of carbonyl (C=O) groups excluding carboxylic acids is 2. The predicted octanol–water partition coefficient (Wildman–Crippen LogP) is -0.580. The highest BCUT2D eigenvalue weighted by Crippen LogP contribution is 1.71. The van der Waals surface area contributed by atoms with Crippen LogP contribution in [0, 0.1) is 0 Å². The summed E-state index contributed by atoms with van der Waals surface area (Å²) in [6, 6.07) is -0.879. The number of urea groups is 1. The smallest absolute Gasteiger partial charge is 0.318 e. The highest BCUT2D eigenvalue weighted by Gasteiger charge is 1.98. The Balaban J connectivity index is 3.40. The fraction of sp³-hybridized carbons (Fsp3) is 0.333. The second-order valence-corrected chi connectivity index (χ2v) is 1.31. The molecule has 0 aliphatic rings. The van der Waals surface area contributed by atoms with E-state index in [2.05, 4.69) is 5.73 Å². The summed E-state index contributed by atoms with van der Waals surface area (Å²) in [6.07, 6.45) is 0. The molecule has 0 saturated carbocycles. The maximum absolute atomic E-state index is 10.1. The molecule has 0 radical (unpaired) electrons. The molecule has 0 fully saturated rings. The Morgan fingerprint density at radius 3 is 2.25 bits per heavy atom. The Kier molecular flexibility index (Phi) is 2.95. The van der Waals surface area contributed by atoms with Crippen LogP contribution in [-0.2, 0) is 4.79 Å². The summed E-state index contributed by atoms with van der Waals surface area (Å²) in [5.41, 5.74) is 4.54. The molecule has 0 aliphatic carbocycles. The molecular formula is C3H5ClN2O2. The second kappa shape index (κ2) is 3.26. The van der Waals surface area contributed by atoms with E-state index in [1.54, 1.807) is 5.32 Å². The highest BCUT2D eigenvalue weighted by molar-refractivity contribution is 6.28. The van der Waals surface area contributed by atoms with Gasteiger partial charge in [0.2, 0.25) is 5.91 Å². The number of hydrogen-bond acceptors (Lipinski definition) is 2. The Hall–Kier alpha value is -0.770. The Morgan fingerprint density at radius 2 is 2.12 bits per heavy atom. The molecule has 0 rings (SSSR count). The van der Waals surface area contributed by atoms with E-state index in [0.717, 1.165) is 0 Å². The van der Waals surface area contributed by atoms with E-state index in [4.69, 9.17) is 11.6 Å². The molecule has 0 aromatic heterocycles.